The molecule has 2 aromatic carbocycles. The number of halogens is 3. The van der Waals surface area contributed by atoms with Crippen LogP contribution in [-0.4, -0.2) is 118 Å². The van der Waals surface area contributed by atoms with Gasteiger partial charge in [-0.15, -0.1) is 0 Å². The van der Waals surface area contributed by atoms with Crippen LogP contribution < -0.4 is 9.64 Å². The second kappa shape index (κ2) is 14.5. The number of likely N-dealkylation sites (tertiary alicyclic amines) is 2. The number of amides is 2. The van der Waals surface area contributed by atoms with Crippen LogP contribution in [0.25, 0.3) is 32.9 Å². The molecule has 4 saturated heterocycles. The van der Waals surface area contributed by atoms with Crippen LogP contribution >= 0.6 is 11.6 Å². The topological polar surface area (TPSA) is 104 Å². The van der Waals surface area contributed by atoms with E-state index in [1.807, 2.05) is 57.0 Å². The average molecular weight is 774 g/mol. The molecule has 8 rings (SSSR count). The molecule has 0 aliphatic carbocycles. The van der Waals surface area contributed by atoms with Gasteiger partial charge in [-0.1, -0.05) is 48.0 Å². The zero-order valence-corrected chi connectivity index (χ0v) is 32.4. The summed E-state index contributed by atoms with van der Waals surface area (Å²) >= 11 is 6.63. The van der Waals surface area contributed by atoms with E-state index in [0.29, 0.717) is 66.3 Å². The normalized spacial score (nSPS) is 23.0. The van der Waals surface area contributed by atoms with E-state index in [0.717, 1.165) is 31.2 Å². The molecule has 0 unspecified atom stereocenters. The third-order valence-electron chi connectivity index (χ3n) is 11.3. The van der Waals surface area contributed by atoms with E-state index in [2.05, 4.69) is 14.9 Å². The van der Waals surface area contributed by atoms with E-state index < -0.39 is 23.1 Å². The first-order valence-electron chi connectivity index (χ1n) is 19.0. The number of rotatable bonds is 9. The molecule has 3 atom stereocenters. The first-order chi connectivity index (χ1) is 26.3. The summed E-state index contributed by atoms with van der Waals surface area (Å²) in [5, 5.41) is 2.45. The van der Waals surface area contributed by atoms with Crippen molar-refractivity contribution in [3.63, 3.8) is 0 Å². The van der Waals surface area contributed by atoms with Crippen molar-refractivity contribution < 1.29 is 27.8 Å². The van der Waals surface area contributed by atoms with Gasteiger partial charge in [-0.2, -0.15) is 9.97 Å². The number of ether oxygens (including phenoxy) is 2. The van der Waals surface area contributed by atoms with E-state index in [9.17, 15) is 14.0 Å². The third-order valence-corrected chi connectivity index (χ3v) is 11.6. The van der Waals surface area contributed by atoms with Crippen molar-refractivity contribution in [3.8, 4) is 17.3 Å². The minimum atomic E-state index is -0.920. The van der Waals surface area contributed by atoms with E-state index in [4.69, 9.17) is 26.1 Å². The zero-order valence-electron chi connectivity index (χ0n) is 31.6. The summed E-state index contributed by atoms with van der Waals surface area (Å²) in [6, 6.07) is 10.9. The van der Waals surface area contributed by atoms with Crippen molar-refractivity contribution in [2.24, 2.45) is 5.92 Å². The smallest absolute Gasteiger partial charge is 0.410 e. The lowest BCUT2D eigenvalue weighted by molar-refractivity contribution is -0.131. The summed E-state index contributed by atoms with van der Waals surface area (Å²) < 4.78 is 43.1. The number of fused-ring (bicyclic) bond motifs is 3. The van der Waals surface area contributed by atoms with Crippen LogP contribution in [0.4, 0.5) is 19.4 Å². The molecule has 4 aliphatic heterocycles. The summed E-state index contributed by atoms with van der Waals surface area (Å²) in [5.41, 5.74) is -0.311. The minimum absolute atomic E-state index is 0.0110. The summed E-state index contributed by atoms with van der Waals surface area (Å²) in [6.45, 7) is 9.06. The van der Waals surface area contributed by atoms with Crippen LogP contribution in [0.15, 0.2) is 54.7 Å². The largest absolute Gasteiger partial charge is 0.461 e. The number of alkyl halides is 1. The molecule has 4 aliphatic rings. The molecule has 6 heterocycles. The van der Waals surface area contributed by atoms with Gasteiger partial charge in [-0.3, -0.25) is 14.7 Å². The highest BCUT2D eigenvalue weighted by Gasteiger charge is 2.49. The van der Waals surface area contributed by atoms with Crippen LogP contribution in [0, 0.1) is 11.7 Å². The lowest BCUT2D eigenvalue weighted by Gasteiger charge is -2.41. The van der Waals surface area contributed by atoms with Gasteiger partial charge >= 0.3 is 12.1 Å². The SMILES string of the molecule is CN(CC1CN(C(=O)/C=C/[C@H]2CCN2C(=O)OC(C)(C)C)C1)c1nc(OC[C@@]23CCCN2C[C@H](F)C3)nc2c(F)c(-c3cccc4cccc(Cl)c34)ncc12. The molecule has 290 valence electrons. The highest BCUT2D eigenvalue weighted by Crippen LogP contribution is 2.41. The fourth-order valence-corrected chi connectivity index (χ4v) is 8.78. The molecule has 14 heteroatoms. The minimum Gasteiger partial charge on any atom is -0.461 e. The first kappa shape index (κ1) is 37.3. The van der Waals surface area contributed by atoms with Gasteiger partial charge < -0.3 is 24.2 Å². The van der Waals surface area contributed by atoms with Crippen LogP contribution in [0.5, 0.6) is 6.01 Å². The molecule has 55 heavy (non-hydrogen) atoms. The predicted octanol–water partition coefficient (Wildman–Crippen LogP) is 7.05. The molecular weight excluding hydrogens is 728 g/mol. The molecule has 0 spiro atoms. The maximum atomic E-state index is 16.8. The van der Waals surface area contributed by atoms with Crippen molar-refractivity contribution in [3.05, 3.63) is 65.6 Å². The Morgan fingerprint density at radius 2 is 1.89 bits per heavy atom. The van der Waals surface area contributed by atoms with Crippen molar-refractivity contribution >= 4 is 51.1 Å². The lowest BCUT2D eigenvalue weighted by atomic mass is 9.95. The summed E-state index contributed by atoms with van der Waals surface area (Å²) in [7, 11) is 1.87. The highest BCUT2D eigenvalue weighted by molar-refractivity contribution is 6.36. The summed E-state index contributed by atoms with van der Waals surface area (Å²) in [5.74, 6) is -0.171. The monoisotopic (exact) mass is 773 g/mol. The quantitative estimate of drug-likeness (QED) is 0.166. The Bertz CT molecular complexity index is 2170. The van der Waals surface area contributed by atoms with Crippen molar-refractivity contribution in [2.45, 2.75) is 69.8 Å². The molecule has 11 nitrogen and oxygen atoms in total. The summed E-state index contributed by atoms with van der Waals surface area (Å²) in [4.78, 5) is 47.0. The maximum absolute atomic E-state index is 16.8. The number of carbonyl (C=O) groups is 2. The van der Waals surface area contributed by atoms with Gasteiger partial charge in [0.05, 0.1) is 17.0 Å². The molecule has 0 radical (unpaired) electrons. The molecule has 4 fully saturated rings. The third kappa shape index (κ3) is 7.28. The van der Waals surface area contributed by atoms with Gasteiger partial charge in [0.15, 0.2) is 5.82 Å². The van der Waals surface area contributed by atoms with Gasteiger partial charge in [0, 0.05) is 80.4 Å². The Morgan fingerprint density at radius 3 is 2.64 bits per heavy atom. The van der Waals surface area contributed by atoms with Gasteiger partial charge in [-0.25, -0.2) is 13.6 Å². The van der Waals surface area contributed by atoms with Crippen LogP contribution in [0.2, 0.25) is 5.02 Å². The predicted molar refractivity (Wildman–Crippen MR) is 208 cm³/mol. The maximum Gasteiger partial charge on any atom is 0.410 e. The Kier molecular flexibility index (Phi) is 9.81. The molecular formula is C41H46ClF2N7O4. The Morgan fingerprint density at radius 1 is 1.11 bits per heavy atom. The fourth-order valence-electron chi connectivity index (χ4n) is 8.50. The number of nitrogens with zero attached hydrogens (tertiary/aromatic N) is 7. The van der Waals surface area contributed by atoms with Gasteiger partial charge in [-0.05, 0) is 58.0 Å². The van der Waals surface area contributed by atoms with E-state index in [1.54, 1.807) is 34.2 Å². The van der Waals surface area contributed by atoms with Crippen LogP contribution in [0.3, 0.4) is 0 Å². The highest BCUT2D eigenvalue weighted by atomic mass is 35.5. The number of hydrogen-bond acceptors (Lipinski definition) is 9. The second-order valence-electron chi connectivity index (χ2n) is 16.4. The van der Waals surface area contributed by atoms with Crippen LogP contribution in [-0.2, 0) is 9.53 Å². The van der Waals surface area contributed by atoms with Gasteiger partial charge in [0.2, 0.25) is 5.91 Å². The van der Waals surface area contributed by atoms with Crippen molar-refractivity contribution in [1.82, 2.24) is 29.7 Å². The number of carbonyl (C=O) groups excluding carboxylic acids is 2. The Balaban J connectivity index is 1.02. The van der Waals surface area contributed by atoms with E-state index in [1.165, 1.54) is 6.08 Å². The number of hydrogen-bond donors (Lipinski definition) is 0. The molecule has 0 N–H and O–H groups in total. The number of pyridine rings is 1. The van der Waals surface area contributed by atoms with E-state index in [-0.39, 0.29) is 47.8 Å². The first-order valence-corrected chi connectivity index (χ1v) is 19.4. The molecule has 2 amide bonds. The van der Waals surface area contributed by atoms with Gasteiger partial charge in [0.1, 0.15) is 35.4 Å². The molecule has 0 saturated carbocycles. The van der Waals surface area contributed by atoms with Gasteiger partial charge in [0.25, 0.3) is 0 Å². The fraction of sp³-hybridized carbons (Fsp3) is 0.488. The number of anilines is 1. The standard InChI is InChI=1S/C41H46ClF2N7O4/c1-40(2,3)55-39(53)51-17-14-28(51)12-13-32(52)49-21-25(22-49)20-48(4)37-30-19-45-35(29-10-5-8-26-9-6-11-31(42)33(26)29)34(44)36(30)46-38(47-37)54-24-41-15-7-16-50(41)23-27(43)18-41/h5-6,8-13,19,25,27-28H,7,14-18,20-24H2,1-4H3/b13-12+/t27-,28+,41+/m1/s1. The van der Waals surface area contributed by atoms with Crippen molar-refractivity contribution in [1.29, 1.82) is 0 Å². The molecule has 2 aromatic heterocycles. The Labute approximate surface area is 324 Å². The molecule has 0 bridgehead atoms. The lowest BCUT2D eigenvalue weighted by Crippen LogP contribution is -2.54. The van der Waals surface area contributed by atoms with E-state index >= 15 is 4.39 Å². The summed E-state index contributed by atoms with van der Waals surface area (Å²) in [6.07, 6.45) is 6.53. The molecule has 4 aromatic rings. The zero-order chi connectivity index (χ0) is 38.6. The van der Waals surface area contributed by atoms with Crippen molar-refractivity contribution in [2.75, 3.05) is 57.8 Å². The number of benzene rings is 2. The second-order valence-corrected chi connectivity index (χ2v) is 16.8. The van der Waals surface area contributed by atoms with Crippen LogP contribution in [0.1, 0.15) is 46.5 Å². The Hall–Kier alpha value is -4.62. The average Bonchev–Trinajstić information content (AvgIpc) is 3.63. The number of aromatic nitrogens is 3.